The molecule has 6 heteroatoms. The zero-order valence-electron chi connectivity index (χ0n) is 16.2. The third-order valence-corrected chi connectivity index (χ3v) is 6.27. The molecule has 0 radical (unpaired) electrons. The lowest BCUT2D eigenvalue weighted by Crippen LogP contribution is -2.23. The van der Waals surface area contributed by atoms with Crippen molar-refractivity contribution < 1.29 is 4.42 Å². The number of hydrogen-bond donors (Lipinski definition) is 1. The highest BCUT2D eigenvalue weighted by atomic mass is 79.9. The molecular weight excluding hydrogens is 430 g/mol. The van der Waals surface area contributed by atoms with Crippen LogP contribution in [0.4, 0.5) is 5.82 Å². The monoisotopic (exact) mass is 451 g/mol. The van der Waals surface area contributed by atoms with Crippen LogP contribution in [0, 0.1) is 6.92 Å². The summed E-state index contributed by atoms with van der Waals surface area (Å²) in [5.74, 6) is 0.872. The summed E-state index contributed by atoms with van der Waals surface area (Å²) < 4.78 is 8.71. The lowest BCUT2D eigenvalue weighted by Gasteiger charge is -2.24. The maximum absolute atomic E-state index is 13.3. The molecule has 0 bridgehead atoms. The molecule has 0 unspecified atom stereocenters. The van der Waals surface area contributed by atoms with Gasteiger partial charge in [-0.25, -0.2) is 4.98 Å². The van der Waals surface area contributed by atoms with Crippen LogP contribution in [-0.2, 0) is 0 Å². The van der Waals surface area contributed by atoms with E-state index in [1.807, 2.05) is 31.3 Å². The molecule has 0 atom stereocenters. The van der Waals surface area contributed by atoms with E-state index in [0.29, 0.717) is 28.3 Å². The van der Waals surface area contributed by atoms with Crippen LogP contribution in [0.5, 0.6) is 0 Å². The molecule has 5 nitrogen and oxygen atoms in total. The van der Waals surface area contributed by atoms with E-state index in [0.717, 1.165) is 34.3 Å². The van der Waals surface area contributed by atoms with E-state index >= 15 is 0 Å². The summed E-state index contributed by atoms with van der Waals surface area (Å²) in [5, 5.41) is 4.25. The molecule has 5 rings (SSSR count). The number of halogens is 1. The van der Waals surface area contributed by atoms with Crippen molar-refractivity contribution in [3.8, 4) is 11.3 Å². The molecule has 1 saturated carbocycles. The van der Waals surface area contributed by atoms with Gasteiger partial charge in [0, 0.05) is 16.7 Å². The molecule has 3 heterocycles. The largest absolute Gasteiger partial charge is 0.463 e. The summed E-state index contributed by atoms with van der Waals surface area (Å²) in [5.41, 5.74) is 3.56. The highest BCUT2D eigenvalue weighted by molar-refractivity contribution is 9.10. The summed E-state index contributed by atoms with van der Waals surface area (Å²) in [4.78, 5) is 18.2. The van der Waals surface area contributed by atoms with Crippen molar-refractivity contribution in [2.45, 2.75) is 45.1 Å². The van der Waals surface area contributed by atoms with Gasteiger partial charge in [-0.3, -0.25) is 9.20 Å². The number of nitrogens with zero attached hydrogens (tertiary/aromatic N) is 2. The predicted molar refractivity (Wildman–Crippen MR) is 120 cm³/mol. The fourth-order valence-electron chi connectivity index (χ4n) is 4.24. The molecule has 0 spiro atoms. The van der Waals surface area contributed by atoms with E-state index in [9.17, 15) is 4.79 Å². The van der Waals surface area contributed by atoms with Crippen molar-refractivity contribution in [2.75, 3.05) is 5.32 Å². The van der Waals surface area contributed by atoms with Crippen LogP contribution in [-0.4, -0.2) is 15.4 Å². The highest BCUT2D eigenvalue weighted by Gasteiger charge is 2.22. The van der Waals surface area contributed by atoms with Crippen molar-refractivity contribution in [3.63, 3.8) is 0 Å². The Labute approximate surface area is 176 Å². The van der Waals surface area contributed by atoms with Crippen molar-refractivity contribution in [1.82, 2.24) is 9.38 Å². The predicted octanol–water partition coefficient (Wildman–Crippen LogP) is 5.92. The van der Waals surface area contributed by atoms with E-state index in [4.69, 9.17) is 9.40 Å². The quantitative estimate of drug-likeness (QED) is 0.419. The minimum absolute atomic E-state index is 0.0692. The summed E-state index contributed by atoms with van der Waals surface area (Å²) in [7, 11) is 0. The maximum Gasteiger partial charge on any atom is 0.202 e. The van der Waals surface area contributed by atoms with E-state index in [1.54, 1.807) is 18.4 Å². The minimum atomic E-state index is -0.0692. The molecule has 4 aromatic rings. The van der Waals surface area contributed by atoms with Crippen LogP contribution in [0.2, 0.25) is 0 Å². The molecule has 1 aromatic carbocycles. The zero-order chi connectivity index (χ0) is 20.0. The van der Waals surface area contributed by atoms with Gasteiger partial charge in [-0.15, -0.1) is 0 Å². The second-order valence-corrected chi connectivity index (χ2v) is 8.71. The van der Waals surface area contributed by atoms with E-state index in [1.165, 1.54) is 19.3 Å². The molecule has 29 heavy (non-hydrogen) atoms. The Balaban J connectivity index is 1.73. The Bertz CT molecular complexity index is 1270. The van der Waals surface area contributed by atoms with Crippen LogP contribution in [0.3, 0.4) is 0 Å². The number of pyridine rings is 1. The maximum atomic E-state index is 13.3. The van der Waals surface area contributed by atoms with Gasteiger partial charge < -0.3 is 9.73 Å². The van der Waals surface area contributed by atoms with Gasteiger partial charge >= 0.3 is 0 Å². The molecule has 0 saturated heterocycles. The SMILES string of the molecule is Cc1cccn2c(NC3CCCCC3)c(-c3coc4ccc(Br)cc4c3=O)nc12. The minimum Gasteiger partial charge on any atom is -0.463 e. The molecule has 1 aliphatic rings. The summed E-state index contributed by atoms with van der Waals surface area (Å²) in [6.07, 6.45) is 9.57. The molecule has 0 amide bonds. The van der Waals surface area contributed by atoms with Gasteiger partial charge in [-0.2, -0.15) is 0 Å². The first kappa shape index (κ1) is 18.4. The lowest BCUT2D eigenvalue weighted by atomic mass is 9.95. The number of nitrogens with one attached hydrogen (secondary N) is 1. The second-order valence-electron chi connectivity index (χ2n) is 7.79. The fourth-order valence-corrected chi connectivity index (χ4v) is 4.60. The molecule has 0 aliphatic heterocycles. The first-order valence-electron chi connectivity index (χ1n) is 10.1. The Kier molecular flexibility index (Phi) is 4.66. The number of anilines is 1. The molecular formula is C23H22BrN3O2. The van der Waals surface area contributed by atoms with E-state index in [2.05, 4.69) is 25.6 Å². The Morgan fingerprint density at radius 1 is 1.21 bits per heavy atom. The van der Waals surface area contributed by atoms with Crippen LogP contribution in [0.1, 0.15) is 37.7 Å². The number of aromatic nitrogens is 2. The first-order chi connectivity index (χ1) is 14.1. The third-order valence-electron chi connectivity index (χ3n) is 5.78. The van der Waals surface area contributed by atoms with Crippen LogP contribution in [0.15, 0.2) is 56.5 Å². The highest BCUT2D eigenvalue weighted by Crippen LogP contribution is 2.32. The number of hydrogen-bond acceptors (Lipinski definition) is 4. The van der Waals surface area contributed by atoms with Gasteiger partial charge in [0.25, 0.3) is 0 Å². The van der Waals surface area contributed by atoms with Gasteiger partial charge in [0.1, 0.15) is 29.0 Å². The average Bonchev–Trinajstić information content (AvgIpc) is 3.09. The van der Waals surface area contributed by atoms with Gasteiger partial charge in [-0.1, -0.05) is 41.3 Å². The summed E-state index contributed by atoms with van der Waals surface area (Å²) in [6.45, 7) is 2.04. The number of aryl methyl sites for hydroxylation is 1. The third kappa shape index (κ3) is 3.25. The lowest BCUT2D eigenvalue weighted by molar-refractivity contribution is 0.461. The van der Waals surface area contributed by atoms with Crippen molar-refractivity contribution in [3.05, 3.63) is 63.1 Å². The number of benzene rings is 1. The zero-order valence-corrected chi connectivity index (χ0v) is 17.8. The molecule has 1 N–H and O–H groups in total. The smallest absolute Gasteiger partial charge is 0.202 e. The van der Waals surface area contributed by atoms with Crippen LogP contribution in [0.25, 0.3) is 27.9 Å². The van der Waals surface area contributed by atoms with Crippen molar-refractivity contribution in [2.24, 2.45) is 0 Å². The number of imidazole rings is 1. The number of fused-ring (bicyclic) bond motifs is 2. The fraction of sp³-hybridized carbons (Fsp3) is 0.304. The Hall–Kier alpha value is -2.60. The standard InChI is InChI=1S/C23H22BrN3O2/c1-14-6-5-11-27-22(14)26-20(23(27)25-16-7-3-2-4-8-16)18-13-29-19-10-9-15(24)12-17(19)21(18)28/h5-6,9-13,16,25H,2-4,7-8H2,1H3. The topological polar surface area (TPSA) is 59.5 Å². The molecule has 3 aromatic heterocycles. The molecule has 1 aliphatic carbocycles. The van der Waals surface area contributed by atoms with Gasteiger partial charge in [0.2, 0.25) is 5.43 Å². The van der Waals surface area contributed by atoms with E-state index < -0.39 is 0 Å². The Morgan fingerprint density at radius 2 is 2.03 bits per heavy atom. The summed E-state index contributed by atoms with van der Waals surface area (Å²) >= 11 is 3.45. The van der Waals surface area contributed by atoms with Crippen LogP contribution >= 0.6 is 15.9 Å². The van der Waals surface area contributed by atoms with Crippen molar-refractivity contribution >= 4 is 38.4 Å². The van der Waals surface area contributed by atoms with Gasteiger partial charge in [0.15, 0.2) is 0 Å². The van der Waals surface area contributed by atoms with Gasteiger partial charge in [0.05, 0.1) is 10.9 Å². The van der Waals surface area contributed by atoms with Gasteiger partial charge in [-0.05, 0) is 49.6 Å². The first-order valence-corrected chi connectivity index (χ1v) is 10.9. The van der Waals surface area contributed by atoms with E-state index in [-0.39, 0.29) is 5.43 Å². The normalized spacial score (nSPS) is 15.2. The average molecular weight is 452 g/mol. The Morgan fingerprint density at radius 3 is 2.86 bits per heavy atom. The second kappa shape index (κ2) is 7.34. The number of rotatable bonds is 3. The van der Waals surface area contributed by atoms with Crippen LogP contribution < -0.4 is 10.7 Å². The molecule has 148 valence electrons. The van der Waals surface area contributed by atoms with Crippen molar-refractivity contribution in [1.29, 1.82) is 0 Å². The summed E-state index contributed by atoms with van der Waals surface area (Å²) in [6, 6.07) is 9.93. The molecule has 1 fully saturated rings.